The summed E-state index contributed by atoms with van der Waals surface area (Å²) in [5.74, 6) is 0.661. The van der Waals surface area contributed by atoms with Gasteiger partial charge in [-0.25, -0.2) is 0 Å². The molecule has 0 bridgehead atoms. The third-order valence-electron chi connectivity index (χ3n) is 2.27. The van der Waals surface area contributed by atoms with E-state index in [2.05, 4.69) is 32.1 Å². The molecule has 1 rings (SSSR count). The van der Waals surface area contributed by atoms with Crippen LogP contribution in [0, 0.1) is 0 Å². The van der Waals surface area contributed by atoms with Crippen LogP contribution in [-0.4, -0.2) is 24.2 Å². The minimum Gasteiger partial charge on any atom is -0.494 e. The predicted molar refractivity (Wildman–Crippen MR) is 86.4 cm³/mol. The molecule has 0 aromatic heterocycles. The lowest BCUT2D eigenvalue weighted by molar-refractivity contribution is -0.121. The van der Waals surface area contributed by atoms with Crippen molar-refractivity contribution in [2.24, 2.45) is 0 Å². The molecule has 110 valence electrons. The van der Waals surface area contributed by atoms with Gasteiger partial charge in [-0.2, -0.15) is 0 Å². The number of amides is 1. The molecule has 1 aromatic carbocycles. The zero-order valence-electron chi connectivity index (χ0n) is 11.2. The van der Waals surface area contributed by atoms with Crippen LogP contribution < -0.4 is 20.9 Å². The summed E-state index contributed by atoms with van der Waals surface area (Å²) in [5.41, 5.74) is 5.14. The third-order valence-corrected chi connectivity index (χ3v) is 3.01. The van der Waals surface area contributed by atoms with Gasteiger partial charge in [0.05, 0.1) is 6.61 Å². The van der Waals surface area contributed by atoms with E-state index in [0.29, 0.717) is 31.1 Å². The summed E-state index contributed by atoms with van der Waals surface area (Å²) < 4.78 is 6.50. The molecule has 0 aliphatic heterocycles. The molecule has 0 fully saturated rings. The first-order valence-corrected chi connectivity index (χ1v) is 7.53. The van der Waals surface area contributed by atoms with Gasteiger partial charge in [-0.05, 0) is 43.8 Å². The van der Waals surface area contributed by atoms with Gasteiger partial charge in [0.2, 0.25) is 5.91 Å². The third kappa shape index (κ3) is 7.30. The molecule has 0 radical (unpaired) electrons. The summed E-state index contributed by atoms with van der Waals surface area (Å²) in [4.78, 5) is 11.5. The van der Waals surface area contributed by atoms with Gasteiger partial charge >= 0.3 is 0 Å². The van der Waals surface area contributed by atoms with Crippen molar-refractivity contribution < 1.29 is 9.53 Å². The Labute approximate surface area is 132 Å². The highest BCUT2D eigenvalue weighted by molar-refractivity contribution is 9.10. The van der Waals surface area contributed by atoms with Gasteiger partial charge in [0, 0.05) is 17.4 Å². The van der Waals surface area contributed by atoms with Crippen molar-refractivity contribution in [1.29, 1.82) is 0 Å². The lowest BCUT2D eigenvalue weighted by Crippen LogP contribution is -2.46. The Kier molecular flexibility index (Phi) is 7.98. The van der Waals surface area contributed by atoms with Crippen LogP contribution in [-0.2, 0) is 4.79 Å². The van der Waals surface area contributed by atoms with Crippen molar-refractivity contribution in [3.63, 3.8) is 0 Å². The van der Waals surface area contributed by atoms with Gasteiger partial charge in [-0.3, -0.25) is 15.6 Å². The first-order valence-electron chi connectivity index (χ1n) is 6.33. The van der Waals surface area contributed by atoms with Crippen LogP contribution in [0.15, 0.2) is 28.7 Å². The topological polar surface area (TPSA) is 62.4 Å². The summed E-state index contributed by atoms with van der Waals surface area (Å²) in [6, 6.07) is 7.59. The van der Waals surface area contributed by atoms with Crippen molar-refractivity contribution in [3.8, 4) is 5.75 Å². The highest BCUT2D eigenvalue weighted by atomic mass is 79.9. The van der Waals surface area contributed by atoms with Crippen molar-refractivity contribution in [3.05, 3.63) is 28.7 Å². The van der Waals surface area contributed by atoms with E-state index in [9.17, 15) is 4.79 Å². The largest absolute Gasteiger partial charge is 0.494 e. The maximum absolute atomic E-state index is 11.5. The molecule has 3 N–H and O–H groups in total. The van der Waals surface area contributed by atoms with E-state index in [1.165, 1.54) is 0 Å². The number of hydrazine groups is 1. The van der Waals surface area contributed by atoms with E-state index in [1.807, 2.05) is 31.2 Å². The Bertz CT molecular complexity index is 457. The minimum absolute atomic E-state index is 0.122. The van der Waals surface area contributed by atoms with E-state index in [-0.39, 0.29) is 5.91 Å². The molecule has 1 aromatic rings. The van der Waals surface area contributed by atoms with E-state index < -0.39 is 0 Å². The number of benzene rings is 1. The average Bonchev–Trinajstić information content (AvgIpc) is 2.42. The second-order valence-corrected chi connectivity index (χ2v) is 5.27. The summed E-state index contributed by atoms with van der Waals surface area (Å²) in [7, 11) is 0. The number of hydrogen-bond acceptors (Lipinski definition) is 3. The number of ether oxygens (including phenoxy) is 1. The molecule has 0 aliphatic rings. The molecule has 0 atom stereocenters. The lowest BCUT2D eigenvalue weighted by Gasteiger charge is -2.10. The second-order valence-electron chi connectivity index (χ2n) is 3.94. The SMILES string of the molecule is CCNC(=S)NNC(=O)CCCOc1cccc(Br)c1. The van der Waals surface area contributed by atoms with E-state index in [1.54, 1.807) is 0 Å². The molecule has 5 nitrogen and oxygen atoms in total. The molecule has 0 heterocycles. The summed E-state index contributed by atoms with van der Waals surface area (Å²) in [6.45, 7) is 3.12. The zero-order chi connectivity index (χ0) is 14.8. The number of thiocarbonyl (C=S) groups is 1. The number of carbonyl (C=O) groups excluding carboxylic acids is 1. The molecule has 0 saturated heterocycles. The van der Waals surface area contributed by atoms with Crippen LogP contribution >= 0.6 is 28.1 Å². The highest BCUT2D eigenvalue weighted by Crippen LogP contribution is 2.17. The number of halogens is 1. The van der Waals surface area contributed by atoms with Crippen LogP contribution in [0.5, 0.6) is 5.75 Å². The smallest absolute Gasteiger partial charge is 0.238 e. The molecule has 1 amide bonds. The molecule has 0 unspecified atom stereocenters. The highest BCUT2D eigenvalue weighted by Gasteiger charge is 2.02. The van der Waals surface area contributed by atoms with E-state index in [4.69, 9.17) is 17.0 Å². The maximum atomic E-state index is 11.5. The van der Waals surface area contributed by atoms with Crippen LogP contribution in [0.25, 0.3) is 0 Å². The normalized spacial score (nSPS) is 9.70. The van der Waals surface area contributed by atoms with Crippen LogP contribution in [0.2, 0.25) is 0 Å². The van der Waals surface area contributed by atoms with Crippen molar-refractivity contribution >= 4 is 39.2 Å². The molecular weight excluding hydrogens is 342 g/mol. The Hall–Kier alpha value is -1.34. The summed E-state index contributed by atoms with van der Waals surface area (Å²) in [5, 5.41) is 3.28. The minimum atomic E-state index is -0.122. The van der Waals surface area contributed by atoms with Gasteiger partial charge in [0.1, 0.15) is 5.75 Å². The van der Waals surface area contributed by atoms with Crippen LogP contribution in [0.1, 0.15) is 19.8 Å². The fourth-order valence-electron chi connectivity index (χ4n) is 1.37. The standard InChI is InChI=1S/C13H18BrN3O2S/c1-2-15-13(20)17-16-12(18)7-4-8-19-11-6-3-5-10(14)9-11/h3,5-6,9H,2,4,7-8H2,1H3,(H,16,18)(H2,15,17,20). The molecular formula is C13H18BrN3O2S. The number of hydrogen-bond donors (Lipinski definition) is 3. The monoisotopic (exact) mass is 359 g/mol. The average molecular weight is 360 g/mol. The molecule has 20 heavy (non-hydrogen) atoms. The van der Waals surface area contributed by atoms with Crippen LogP contribution in [0.4, 0.5) is 0 Å². The van der Waals surface area contributed by atoms with Crippen molar-refractivity contribution in [2.75, 3.05) is 13.2 Å². The van der Waals surface area contributed by atoms with Gasteiger partial charge < -0.3 is 10.1 Å². The number of carbonyl (C=O) groups is 1. The van der Waals surface area contributed by atoms with E-state index >= 15 is 0 Å². The Balaban J connectivity index is 2.11. The quantitative estimate of drug-likeness (QED) is 0.412. The Morgan fingerprint density at radius 1 is 1.40 bits per heavy atom. The van der Waals surface area contributed by atoms with Crippen molar-refractivity contribution in [1.82, 2.24) is 16.2 Å². The summed E-state index contributed by atoms with van der Waals surface area (Å²) in [6.07, 6.45) is 1.00. The number of rotatable bonds is 6. The fourth-order valence-corrected chi connectivity index (χ4v) is 1.95. The first-order chi connectivity index (χ1) is 9.61. The maximum Gasteiger partial charge on any atom is 0.238 e. The summed E-state index contributed by atoms with van der Waals surface area (Å²) >= 11 is 8.29. The van der Waals surface area contributed by atoms with Gasteiger partial charge in [0.15, 0.2) is 5.11 Å². The van der Waals surface area contributed by atoms with E-state index in [0.717, 1.165) is 10.2 Å². The van der Waals surface area contributed by atoms with Gasteiger partial charge in [-0.1, -0.05) is 22.0 Å². The Morgan fingerprint density at radius 2 is 2.20 bits per heavy atom. The number of nitrogens with one attached hydrogen (secondary N) is 3. The molecule has 0 spiro atoms. The molecule has 0 saturated carbocycles. The first kappa shape index (κ1) is 16.7. The van der Waals surface area contributed by atoms with Gasteiger partial charge in [-0.15, -0.1) is 0 Å². The van der Waals surface area contributed by atoms with Gasteiger partial charge in [0.25, 0.3) is 0 Å². The fraction of sp³-hybridized carbons (Fsp3) is 0.385. The second kappa shape index (κ2) is 9.55. The molecule has 7 heteroatoms. The Morgan fingerprint density at radius 3 is 2.90 bits per heavy atom. The van der Waals surface area contributed by atoms with Crippen LogP contribution in [0.3, 0.4) is 0 Å². The molecule has 0 aliphatic carbocycles. The lowest BCUT2D eigenvalue weighted by atomic mass is 10.3. The predicted octanol–water partition coefficient (Wildman–Crippen LogP) is 2.12. The zero-order valence-corrected chi connectivity index (χ0v) is 13.6. The van der Waals surface area contributed by atoms with Crippen molar-refractivity contribution in [2.45, 2.75) is 19.8 Å².